The summed E-state index contributed by atoms with van der Waals surface area (Å²) in [5, 5.41) is 6.55. The van der Waals surface area contributed by atoms with E-state index in [9.17, 15) is 0 Å². The second-order valence-corrected chi connectivity index (χ2v) is 5.48. The van der Waals surface area contributed by atoms with Crippen LogP contribution in [0.4, 0.5) is 0 Å². The maximum absolute atomic E-state index is 5.46. The normalized spacial score (nSPS) is 11.3. The van der Waals surface area contributed by atoms with Gasteiger partial charge < -0.3 is 20.1 Å². The molecule has 0 aliphatic rings. The molecule has 0 bridgehead atoms. The first-order valence-corrected chi connectivity index (χ1v) is 7.95. The summed E-state index contributed by atoms with van der Waals surface area (Å²) >= 11 is 0. The van der Waals surface area contributed by atoms with Crippen molar-refractivity contribution in [2.75, 3.05) is 20.8 Å². The first-order valence-electron chi connectivity index (χ1n) is 7.95. The zero-order chi connectivity index (χ0) is 17.2. The van der Waals surface area contributed by atoms with Crippen molar-refractivity contribution in [3.8, 4) is 11.5 Å². The van der Waals surface area contributed by atoms with Gasteiger partial charge >= 0.3 is 0 Å². The molecule has 0 fully saturated rings. The lowest BCUT2D eigenvalue weighted by atomic mass is 10.1. The van der Waals surface area contributed by atoms with E-state index in [0.29, 0.717) is 12.6 Å². The molecule has 0 unspecified atom stereocenters. The van der Waals surface area contributed by atoms with Gasteiger partial charge in [-0.2, -0.15) is 0 Å². The van der Waals surface area contributed by atoms with Crippen LogP contribution >= 0.6 is 0 Å². The van der Waals surface area contributed by atoms with Crippen LogP contribution in [0.2, 0.25) is 0 Å². The number of guanidine groups is 1. The standard InChI is InChI=1S/C18H29N3O2/c1-7-9-15-10-14(11-16(22-5)17(15)23-6)12-20-18(19-8-2)21-13(3)4/h7,10-11,13H,1,8-9,12H2,2-6H3,(H2,19,20,21). The second-order valence-electron chi connectivity index (χ2n) is 5.48. The number of nitrogens with zero attached hydrogens (tertiary/aromatic N) is 1. The van der Waals surface area contributed by atoms with E-state index in [1.807, 2.05) is 12.1 Å². The van der Waals surface area contributed by atoms with E-state index in [0.717, 1.165) is 41.6 Å². The van der Waals surface area contributed by atoms with E-state index in [1.54, 1.807) is 14.2 Å². The molecule has 0 saturated carbocycles. The highest BCUT2D eigenvalue weighted by molar-refractivity contribution is 5.80. The molecule has 1 aromatic carbocycles. The lowest BCUT2D eigenvalue weighted by Crippen LogP contribution is -2.41. The number of nitrogens with one attached hydrogen (secondary N) is 2. The van der Waals surface area contributed by atoms with Crippen LogP contribution in [0.15, 0.2) is 29.8 Å². The lowest BCUT2D eigenvalue weighted by molar-refractivity contribution is 0.352. The summed E-state index contributed by atoms with van der Waals surface area (Å²) in [7, 11) is 3.30. The van der Waals surface area contributed by atoms with Crippen molar-refractivity contribution >= 4 is 5.96 Å². The molecule has 0 aliphatic carbocycles. The molecular weight excluding hydrogens is 290 g/mol. The summed E-state index contributed by atoms with van der Waals surface area (Å²) in [6.45, 7) is 11.4. The Hall–Kier alpha value is -2.17. The number of ether oxygens (including phenoxy) is 2. The minimum Gasteiger partial charge on any atom is -0.493 e. The van der Waals surface area contributed by atoms with Crippen LogP contribution in [0.1, 0.15) is 31.9 Å². The SMILES string of the molecule is C=CCc1cc(CN=C(NCC)NC(C)C)cc(OC)c1OC. The van der Waals surface area contributed by atoms with Gasteiger partial charge in [-0.05, 0) is 44.9 Å². The van der Waals surface area contributed by atoms with Crippen LogP contribution in [-0.4, -0.2) is 32.8 Å². The van der Waals surface area contributed by atoms with E-state index in [-0.39, 0.29) is 0 Å². The van der Waals surface area contributed by atoms with Gasteiger partial charge in [-0.15, -0.1) is 6.58 Å². The first-order chi connectivity index (χ1) is 11.0. The van der Waals surface area contributed by atoms with Gasteiger partial charge in [0.25, 0.3) is 0 Å². The highest BCUT2D eigenvalue weighted by atomic mass is 16.5. The molecule has 1 rings (SSSR count). The quantitative estimate of drug-likeness (QED) is 0.439. The van der Waals surface area contributed by atoms with E-state index < -0.39 is 0 Å². The van der Waals surface area contributed by atoms with Crippen molar-refractivity contribution in [1.82, 2.24) is 10.6 Å². The molecule has 0 radical (unpaired) electrons. The zero-order valence-electron chi connectivity index (χ0n) is 14.9. The molecule has 0 amide bonds. The average molecular weight is 319 g/mol. The molecule has 0 atom stereocenters. The molecule has 2 N–H and O–H groups in total. The Balaban J connectivity index is 3.06. The topological polar surface area (TPSA) is 54.9 Å². The molecular formula is C18H29N3O2. The molecule has 1 aromatic rings. The minimum atomic E-state index is 0.328. The third-order valence-corrected chi connectivity index (χ3v) is 3.17. The maximum Gasteiger partial charge on any atom is 0.191 e. The van der Waals surface area contributed by atoms with Gasteiger partial charge in [0.15, 0.2) is 17.5 Å². The smallest absolute Gasteiger partial charge is 0.191 e. The predicted octanol–water partition coefficient (Wildman–Crippen LogP) is 2.90. The van der Waals surface area contributed by atoms with Crippen LogP contribution in [0.25, 0.3) is 0 Å². The molecule has 128 valence electrons. The molecule has 5 heteroatoms. The third kappa shape index (κ3) is 5.85. The fraction of sp³-hybridized carbons (Fsp3) is 0.500. The number of hydrogen-bond acceptors (Lipinski definition) is 3. The molecule has 0 heterocycles. The molecule has 0 spiro atoms. The van der Waals surface area contributed by atoms with Crippen LogP contribution in [0, 0.1) is 0 Å². The lowest BCUT2D eigenvalue weighted by Gasteiger charge is -2.15. The van der Waals surface area contributed by atoms with Gasteiger partial charge in [0.05, 0.1) is 20.8 Å². The Labute approximate surface area is 139 Å². The van der Waals surface area contributed by atoms with Crippen LogP contribution < -0.4 is 20.1 Å². The first kappa shape index (κ1) is 18.9. The van der Waals surface area contributed by atoms with Crippen molar-refractivity contribution in [2.24, 2.45) is 4.99 Å². The Bertz CT molecular complexity index is 539. The number of hydrogen-bond donors (Lipinski definition) is 2. The van der Waals surface area contributed by atoms with Gasteiger partial charge in [-0.3, -0.25) is 0 Å². The summed E-state index contributed by atoms with van der Waals surface area (Å²) in [6, 6.07) is 4.38. The Kier molecular flexibility index (Phi) is 8.02. The Morgan fingerprint density at radius 1 is 1.30 bits per heavy atom. The fourth-order valence-corrected chi connectivity index (χ4v) is 2.27. The molecule has 5 nitrogen and oxygen atoms in total. The second kappa shape index (κ2) is 9.77. The number of allylic oxidation sites excluding steroid dienone is 1. The Morgan fingerprint density at radius 3 is 2.57 bits per heavy atom. The van der Waals surface area contributed by atoms with Gasteiger partial charge in [0.1, 0.15) is 0 Å². The highest BCUT2D eigenvalue weighted by Gasteiger charge is 2.11. The van der Waals surface area contributed by atoms with Crippen molar-refractivity contribution < 1.29 is 9.47 Å². The highest BCUT2D eigenvalue weighted by Crippen LogP contribution is 2.33. The van der Waals surface area contributed by atoms with Crippen molar-refractivity contribution in [3.05, 3.63) is 35.9 Å². The summed E-state index contributed by atoms with van der Waals surface area (Å²) in [5.41, 5.74) is 2.12. The number of rotatable bonds is 8. The average Bonchev–Trinajstić information content (AvgIpc) is 2.52. The molecule has 23 heavy (non-hydrogen) atoms. The van der Waals surface area contributed by atoms with E-state index in [2.05, 4.69) is 49.0 Å². The van der Waals surface area contributed by atoms with Crippen molar-refractivity contribution in [2.45, 2.75) is 39.8 Å². The maximum atomic E-state index is 5.46. The van der Waals surface area contributed by atoms with E-state index in [4.69, 9.17) is 9.47 Å². The zero-order valence-corrected chi connectivity index (χ0v) is 14.9. The largest absolute Gasteiger partial charge is 0.493 e. The fourth-order valence-electron chi connectivity index (χ4n) is 2.27. The van der Waals surface area contributed by atoms with Crippen LogP contribution in [-0.2, 0) is 13.0 Å². The van der Waals surface area contributed by atoms with Crippen LogP contribution in [0.3, 0.4) is 0 Å². The van der Waals surface area contributed by atoms with Crippen LogP contribution in [0.5, 0.6) is 11.5 Å². The van der Waals surface area contributed by atoms with E-state index >= 15 is 0 Å². The monoisotopic (exact) mass is 319 g/mol. The van der Waals surface area contributed by atoms with E-state index in [1.165, 1.54) is 0 Å². The van der Waals surface area contributed by atoms with Gasteiger partial charge in [-0.1, -0.05) is 6.08 Å². The predicted molar refractivity (Wildman–Crippen MR) is 96.5 cm³/mol. The molecule has 0 aliphatic heterocycles. The number of aliphatic imine (C=N–C) groups is 1. The Morgan fingerprint density at radius 2 is 2.04 bits per heavy atom. The third-order valence-electron chi connectivity index (χ3n) is 3.17. The van der Waals surface area contributed by atoms with Gasteiger partial charge in [-0.25, -0.2) is 4.99 Å². The minimum absolute atomic E-state index is 0.328. The number of methoxy groups -OCH3 is 2. The van der Waals surface area contributed by atoms with Gasteiger partial charge in [0.2, 0.25) is 0 Å². The summed E-state index contributed by atoms with van der Waals surface area (Å²) in [6.07, 6.45) is 2.58. The summed E-state index contributed by atoms with van der Waals surface area (Å²) in [5.74, 6) is 2.29. The molecule has 0 aromatic heterocycles. The van der Waals surface area contributed by atoms with Gasteiger partial charge in [0, 0.05) is 18.2 Å². The molecule has 0 saturated heterocycles. The summed E-state index contributed by atoms with van der Waals surface area (Å²) < 4.78 is 10.9. The summed E-state index contributed by atoms with van der Waals surface area (Å²) in [4.78, 5) is 4.63. The van der Waals surface area contributed by atoms with Crippen molar-refractivity contribution in [1.29, 1.82) is 0 Å². The van der Waals surface area contributed by atoms with Crippen molar-refractivity contribution in [3.63, 3.8) is 0 Å². The number of benzene rings is 1.